The highest BCUT2D eigenvalue weighted by Crippen LogP contribution is 2.34. The van der Waals surface area contributed by atoms with Gasteiger partial charge in [0.1, 0.15) is 0 Å². The van der Waals surface area contributed by atoms with E-state index in [2.05, 4.69) is 27.4 Å². The molecule has 0 saturated carbocycles. The van der Waals surface area contributed by atoms with Crippen molar-refractivity contribution >= 4 is 64.1 Å². The number of anilines is 1. The molecule has 172 valence electrons. The summed E-state index contributed by atoms with van der Waals surface area (Å²) in [4.78, 5) is 25.0. The number of benzene rings is 2. The Kier molecular flexibility index (Phi) is 8.80. The summed E-state index contributed by atoms with van der Waals surface area (Å²) < 4.78 is 1.79. The molecule has 3 rings (SSSR count). The van der Waals surface area contributed by atoms with Gasteiger partial charge in [0, 0.05) is 17.1 Å². The number of hydrogen-bond acceptors (Lipinski definition) is 5. The number of aromatic nitrogens is 3. The predicted octanol–water partition coefficient (Wildman–Crippen LogP) is 5.65. The Morgan fingerprint density at radius 1 is 1.15 bits per heavy atom. The SMILES string of the molecule is C=CCn1c(SCC(=O)Nc2c(Cl)cc(Cl)cc2Cl)nnc1[C@H](C)NC(=O)c1ccccc1. The van der Waals surface area contributed by atoms with Gasteiger partial charge in [0.2, 0.25) is 5.91 Å². The zero-order valence-electron chi connectivity index (χ0n) is 17.5. The fraction of sp³-hybridized carbons (Fsp3) is 0.182. The van der Waals surface area contributed by atoms with Gasteiger partial charge in [-0.05, 0) is 31.2 Å². The third kappa shape index (κ3) is 6.51. The van der Waals surface area contributed by atoms with Crippen molar-refractivity contribution in [2.75, 3.05) is 11.1 Å². The number of amides is 2. The summed E-state index contributed by atoms with van der Waals surface area (Å²) in [5.74, 6) is 0.0358. The molecule has 11 heteroatoms. The highest BCUT2D eigenvalue weighted by atomic mass is 35.5. The number of carbonyl (C=O) groups is 2. The van der Waals surface area contributed by atoms with E-state index in [4.69, 9.17) is 34.8 Å². The smallest absolute Gasteiger partial charge is 0.251 e. The van der Waals surface area contributed by atoms with E-state index in [9.17, 15) is 9.59 Å². The zero-order chi connectivity index (χ0) is 24.0. The van der Waals surface area contributed by atoms with E-state index >= 15 is 0 Å². The van der Waals surface area contributed by atoms with Crippen LogP contribution in [0.4, 0.5) is 5.69 Å². The summed E-state index contributed by atoms with van der Waals surface area (Å²) in [6.45, 7) is 6.00. The van der Waals surface area contributed by atoms with Crippen LogP contribution >= 0.6 is 46.6 Å². The largest absolute Gasteiger partial charge is 0.342 e. The Bertz CT molecular complexity index is 1150. The van der Waals surface area contributed by atoms with Crippen molar-refractivity contribution in [3.05, 3.63) is 81.6 Å². The van der Waals surface area contributed by atoms with Crippen molar-refractivity contribution in [3.8, 4) is 0 Å². The number of thioether (sulfide) groups is 1. The molecule has 7 nitrogen and oxygen atoms in total. The normalized spacial score (nSPS) is 11.6. The van der Waals surface area contributed by atoms with Crippen molar-refractivity contribution in [2.24, 2.45) is 0 Å². The Morgan fingerprint density at radius 3 is 2.45 bits per heavy atom. The molecule has 0 aliphatic carbocycles. The van der Waals surface area contributed by atoms with Crippen LogP contribution in [0.25, 0.3) is 0 Å². The molecular weight excluding hydrogens is 505 g/mol. The summed E-state index contributed by atoms with van der Waals surface area (Å²) in [5, 5.41) is 15.4. The zero-order valence-corrected chi connectivity index (χ0v) is 20.6. The molecule has 2 aromatic carbocycles. The van der Waals surface area contributed by atoms with Gasteiger partial charge >= 0.3 is 0 Å². The van der Waals surface area contributed by atoms with E-state index in [1.54, 1.807) is 34.9 Å². The lowest BCUT2D eigenvalue weighted by atomic mass is 10.2. The summed E-state index contributed by atoms with van der Waals surface area (Å²) >= 11 is 19.3. The van der Waals surface area contributed by atoms with Crippen LogP contribution < -0.4 is 10.6 Å². The van der Waals surface area contributed by atoms with Gasteiger partial charge in [0.25, 0.3) is 5.91 Å². The van der Waals surface area contributed by atoms with Crippen LogP contribution in [0, 0.1) is 0 Å². The van der Waals surface area contributed by atoms with E-state index in [0.29, 0.717) is 33.8 Å². The average Bonchev–Trinajstić information content (AvgIpc) is 3.18. The van der Waals surface area contributed by atoms with Crippen molar-refractivity contribution in [1.29, 1.82) is 0 Å². The monoisotopic (exact) mass is 523 g/mol. The van der Waals surface area contributed by atoms with E-state index in [0.717, 1.165) is 0 Å². The van der Waals surface area contributed by atoms with E-state index in [-0.39, 0.29) is 27.6 Å². The van der Waals surface area contributed by atoms with Crippen LogP contribution in [-0.4, -0.2) is 32.3 Å². The van der Waals surface area contributed by atoms with E-state index in [1.807, 2.05) is 13.0 Å². The third-order valence-corrected chi connectivity index (χ3v) is 6.21. The van der Waals surface area contributed by atoms with Gasteiger partial charge in [-0.25, -0.2) is 0 Å². The van der Waals surface area contributed by atoms with Gasteiger partial charge in [0.15, 0.2) is 11.0 Å². The molecule has 0 fully saturated rings. The van der Waals surface area contributed by atoms with Crippen molar-refractivity contribution in [1.82, 2.24) is 20.1 Å². The van der Waals surface area contributed by atoms with Crippen LogP contribution in [0.15, 0.2) is 60.3 Å². The first kappa shape index (κ1) is 25.1. The highest BCUT2D eigenvalue weighted by molar-refractivity contribution is 7.99. The first-order chi connectivity index (χ1) is 15.8. The summed E-state index contributed by atoms with van der Waals surface area (Å²) in [5.41, 5.74) is 0.837. The Morgan fingerprint density at radius 2 is 1.82 bits per heavy atom. The Hall–Kier alpha value is -2.52. The highest BCUT2D eigenvalue weighted by Gasteiger charge is 2.21. The minimum Gasteiger partial charge on any atom is -0.342 e. The van der Waals surface area contributed by atoms with Crippen LogP contribution in [0.2, 0.25) is 15.1 Å². The first-order valence-electron chi connectivity index (χ1n) is 9.77. The fourth-order valence-electron chi connectivity index (χ4n) is 2.93. The topological polar surface area (TPSA) is 88.9 Å². The standard InChI is InChI=1S/C22H20Cl3N5O2S/c1-3-9-30-20(13(2)26-21(32)14-7-5-4-6-8-14)28-29-22(30)33-12-18(31)27-19-16(24)10-15(23)11-17(19)25/h3-8,10-11,13H,1,9,12H2,2H3,(H,26,32)(H,27,31)/t13-/m0/s1. The molecule has 0 radical (unpaired) electrons. The summed E-state index contributed by atoms with van der Waals surface area (Å²) in [6, 6.07) is 11.5. The molecule has 1 aromatic heterocycles. The number of halogens is 3. The number of rotatable bonds is 9. The fourth-order valence-corrected chi connectivity index (χ4v) is 4.60. The number of allylic oxidation sites excluding steroid dienone is 1. The maximum absolute atomic E-state index is 12.5. The predicted molar refractivity (Wildman–Crippen MR) is 133 cm³/mol. The number of carbonyl (C=O) groups excluding carboxylic acids is 2. The minimum atomic E-state index is -0.417. The minimum absolute atomic E-state index is 0.0370. The first-order valence-corrected chi connectivity index (χ1v) is 11.9. The van der Waals surface area contributed by atoms with Crippen LogP contribution in [0.1, 0.15) is 29.1 Å². The Balaban J connectivity index is 1.68. The molecule has 0 unspecified atom stereocenters. The third-order valence-electron chi connectivity index (χ3n) is 4.43. The van der Waals surface area contributed by atoms with Crippen molar-refractivity contribution in [3.63, 3.8) is 0 Å². The molecule has 2 amide bonds. The van der Waals surface area contributed by atoms with Gasteiger partial charge in [-0.15, -0.1) is 16.8 Å². The van der Waals surface area contributed by atoms with Gasteiger partial charge in [0.05, 0.1) is 27.5 Å². The maximum Gasteiger partial charge on any atom is 0.251 e. The maximum atomic E-state index is 12.5. The molecule has 1 heterocycles. The van der Waals surface area contributed by atoms with Gasteiger partial charge in [-0.2, -0.15) is 0 Å². The molecule has 0 aliphatic rings. The lowest BCUT2D eigenvalue weighted by Gasteiger charge is -2.15. The second-order valence-corrected chi connectivity index (χ2v) is 9.08. The molecule has 0 aliphatic heterocycles. The molecule has 33 heavy (non-hydrogen) atoms. The van der Waals surface area contributed by atoms with Crippen LogP contribution in [0.5, 0.6) is 0 Å². The lowest BCUT2D eigenvalue weighted by molar-refractivity contribution is -0.113. The van der Waals surface area contributed by atoms with Gasteiger partial charge in [-0.1, -0.05) is 70.8 Å². The van der Waals surface area contributed by atoms with E-state index in [1.165, 1.54) is 23.9 Å². The second kappa shape index (κ2) is 11.6. The van der Waals surface area contributed by atoms with Gasteiger partial charge < -0.3 is 15.2 Å². The molecule has 3 aromatic rings. The molecule has 2 N–H and O–H groups in total. The van der Waals surface area contributed by atoms with E-state index < -0.39 is 6.04 Å². The van der Waals surface area contributed by atoms with Gasteiger partial charge in [-0.3, -0.25) is 9.59 Å². The molecule has 0 spiro atoms. The molecular formula is C22H20Cl3N5O2S. The lowest BCUT2D eigenvalue weighted by Crippen LogP contribution is -2.28. The second-order valence-electron chi connectivity index (χ2n) is 6.88. The summed E-state index contributed by atoms with van der Waals surface area (Å²) in [7, 11) is 0. The van der Waals surface area contributed by atoms with Crippen molar-refractivity contribution < 1.29 is 9.59 Å². The van der Waals surface area contributed by atoms with Crippen LogP contribution in [-0.2, 0) is 11.3 Å². The van der Waals surface area contributed by atoms with Crippen molar-refractivity contribution in [2.45, 2.75) is 24.7 Å². The molecule has 1 atom stereocenters. The number of hydrogen-bond donors (Lipinski definition) is 2. The number of nitrogens with one attached hydrogen (secondary N) is 2. The average molecular weight is 525 g/mol. The quantitative estimate of drug-likeness (QED) is 0.279. The summed E-state index contributed by atoms with van der Waals surface area (Å²) in [6.07, 6.45) is 1.69. The number of nitrogens with zero attached hydrogens (tertiary/aromatic N) is 3. The Labute approximate surface area is 210 Å². The molecule has 0 saturated heterocycles. The van der Waals surface area contributed by atoms with Crippen LogP contribution in [0.3, 0.4) is 0 Å². The molecule has 0 bridgehead atoms.